The number of rotatable bonds is 5. The quantitative estimate of drug-likeness (QED) is 0.349. The van der Waals surface area contributed by atoms with E-state index in [4.69, 9.17) is 0 Å². The van der Waals surface area contributed by atoms with E-state index in [-0.39, 0.29) is 29.7 Å². The average molecular weight is 490 g/mol. The zero-order valence-corrected chi connectivity index (χ0v) is 18.6. The minimum absolute atomic E-state index is 0. The lowest BCUT2D eigenvalue weighted by molar-refractivity contribution is 0.329. The second kappa shape index (κ2) is 11.1. The summed E-state index contributed by atoms with van der Waals surface area (Å²) in [7, 11) is -1.42. The number of hydrogen-bond donors (Lipinski definition) is 2. The SMILES string of the molecule is CN=C(NCCS(=O)(=O)N1CCSCC1)NC1CCC(C)CC1.I. The molecule has 0 aromatic heterocycles. The van der Waals surface area contributed by atoms with E-state index < -0.39 is 10.0 Å². The minimum Gasteiger partial charge on any atom is -0.355 e. The Morgan fingerprint density at radius 2 is 1.83 bits per heavy atom. The smallest absolute Gasteiger partial charge is 0.215 e. The number of nitrogens with zero attached hydrogens (tertiary/aromatic N) is 2. The van der Waals surface area contributed by atoms with Crippen molar-refractivity contribution >= 4 is 51.7 Å². The Morgan fingerprint density at radius 1 is 1.21 bits per heavy atom. The van der Waals surface area contributed by atoms with Crippen LogP contribution >= 0.6 is 35.7 Å². The normalized spacial score (nSPS) is 26.5. The molecule has 142 valence electrons. The largest absolute Gasteiger partial charge is 0.355 e. The highest BCUT2D eigenvalue weighted by atomic mass is 127. The fourth-order valence-electron chi connectivity index (χ4n) is 3.04. The van der Waals surface area contributed by atoms with Crippen LogP contribution in [0.4, 0.5) is 0 Å². The Kier molecular flexibility index (Phi) is 10.3. The fourth-order valence-corrected chi connectivity index (χ4v) is 5.54. The molecule has 9 heteroatoms. The molecule has 2 rings (SSSR count). The summed E-state index contributed by atoms with van der Waals surface area (Å²) in [5, 5.41) is 6.57. The van der Waals surface area contributed by atoms with Crippen molar-refractivity contribution in [2.75, 3.05) is 43.9 Å². The summed E-state index contributed by atoms with van der Waals surface area (Å²) in [4.78, 5) is 4.22. The zero-order valence-electron chi connectivity index (χ0n) is 14.7. The Balaban J connectivity index is 0.00000288. The van der Waals surface area contributed by atoms with Crippen LogP contribution in [0.15, 0.2) is 4.99 Å². The third-order valence-electron chi connectivity index (χ3n) is 4.60. The first-order valence-electron chi connectivity index (χ1n) is 8.54. The van der Waals surface area contributed by atoms with E-state index in [0.717, 1.165) is 30.3 Å². The molecule has 0 spiro atoms. The van der Waals surface area contributed by atoms with Gasteiger partial charge in [-0.05, 0) is 31.6 Å². The van der Waals surface area contributed by atoms with Gasteiger partial charge in [0.2, 0.25) is 10.0 Å². The molecular formula is C15H31IN4O2S2. The molecule has 0 aromatic rings. The molecule has 0 unspecified atom stereocenters. The molecule has 0 amide bonds. The summed E-state index contributed by atoms with van der Waals surface area (Å²) in [5.41, 5.74) is 0. The van der Waals surface area contributed by atoms with E-state index >= 15 is 0 Å². The molecule has 2 fully saturated rings. The van der Waals surface area contributed by atoms with Gasteiger partial charge in [-0.2, -0.15) is 11.8 Å². The second-order valence-electron chi connectivity index (χ2n) is 6.43. The van der Waals surface area contributed by atoms with Crippen molar-refractivity contribution < 1.29 is 8.42 Å². The van der Waals surface area contributed by atoms with Crippen LogP contribution in [0.25, 0.3) is 0 Å². The van der Waals surface area contributed by atoms with Gasteiger partial charge in [-0.1, -0.05) is 6.92 Å². The monoisotopic (exact) mass is 490 g/mol. The lowest BCUT2D eigenvalue weighted by Gasteiger charge is -2.28. The van der Waals surface area contributed by atoms with Crippen molar-refractivity contribution in [1.29, 1.82) is 0 Å². The van der Waals surface area contributed by atoms with E-state index in [1.165, 1.54) is 12.8 Å². The van der Waals surface area contributed by atoms with E-state index in [9.17, 15) is 8.42 Å². The molecule has 2 aliphatic rings. The molecular weight excluding hydrogens is 459 g/mol. The van der Waals surface area contributed by atoms with Gasteiger partial charge in [0.25, 0.3) is 0 Å². The molecule has 2 N–H and O–H groups in total. The number of guanidine groups is 1. The van der Waals surface area contributed by atoms with Gasteiger partial charge in [0.05, 0.1) is 5.75 Å². The molecule has 1 aliphatic heterocycles. The molecule has 0 radical (unpaired) electrons. The van der Waals surface area contributed by atoms with Gasteiger partial charge in [0.15, 0.2) is 5.96 Å². The third-order valence-corrected chi connectivity index (χ3v) is 7.41. The lowest BCUT2D eigenvalue weighted by atomic mass is 9.87. The van der Waals surface area contributed by atoms with E-state index in [2.05, 4.69) is 22.5 Å². The standard InChI is InChI=1S/C15H30N4O2S2.HI/c1-13-3-5-14(6-4-13)18-15(16-2)17-7-12-23(20,21)19-8-10-22-11-9-19;/h13-14H,3-12H2,1-2H3,(H2,16,17,18);1H. The molecule has 24 heavy (non-hydrogen) atoms. The summed E-state index contributed by atoms with van der Waals surface area (Å²) >= 11 is 1.82. The van der Waals surface area contributed by atoms with Gasteiger partial charge < -0.3 is 10.6 Å². The molecule has 1 aliphatic carbocycles. The van der Waals surface area contributed by atoms with Crippen LogP contribution in [0.1, 0.15) is 32.6 Å². The summed E-state index contributed by atoms with van der Waals surface area (Å²) in [6.45, 7) is 3.97. The predicted octanol–water partition coefficient (Wildman–Crippen LogP) is 1.73. The Labute approximate surface area is 168 Å². The van der Waals surface area contributed by atoms with E-state index in [1.54, 1.807) is 11.4 Å². The van der Waals surface area contributed by atoms with Crippen LogP contribution in [0.2, 0.25) is 0 Å². The fraction of sp³-hybridized carbons (Fsp3) is 0.933. The maximum absolute atomic E-state index is 12.3. The van der Waals surface area contributed by atoms with Crippen LogP contribution in [0, 0.1) is 5.92 Å². The maximum atomic E-state index is 12.3. The predicted molar refractivity (Wildman–Crippen MR) is 114 cm³/mol. The molecule has 1 saturated heterocycles. The van der Waals surface area contributed by atoms with Crippen molar-refractivity contribution in [3.63, 3.8) is 0 Å². The molecule has 1 saturated carbocycles. The van der Waals surface area contributed by atoms with Crippen molar-refractivity contribution in [3.05, 3.63) is 0 Å². The second-order valence-corrected chi connectivity index (χ2v) is 9.74. The van der Waals surface area contributed by atoms with Crippen molar-refractivity contribution in [1.82, 2.24) is 14.9 Å². The van der Waals surface area contributed by atoms with Gasteiger partial charge in [0, 0.05) is 44.2 Å². The van der Waals surface area contributed by atoms with Gasteiger partial charge >= 0.3 is 0 Å². The molecule has 0 bridgehead atoms. The summed E-state index contributed by atoms with van der Waals surface area (Å²) in [6, 6.07) is 0.452. The topological polar surface area (TPSA) is 73.8 Å². The van der Waals surface area contributed by atoms with Gasteiger partial charge in [-0.25, -0.2) is 12.7 Å². The third kappa shape index (κ3) is 7.25. The van der Waals surface area contributed by atoms with Crippen LogP contribution in [0.3, 0.4) is 0 Å². The average Bonchev–Trinajstić information content (AvgIpc) is 2.56. The first-order chi connectivity index (χ1) is 11.0. The van der Waals surface area contributed by atoms with Crippen LogP contribution in [0.5, 0.6) is 0 Å². The number of sulfonamides is 1. The highest BCUT2D eigenvalue weighted by molar-refractivity contribution is 14.0. The number of hydrogen-bond acceptors (Lipinski definition) is 4. The number of nitrogens with one attached hydrogen (secondary N) is 2. The molecule has 0 aromatic carbocycles. The summed E-state index contributed by atoms with van der Waals surface area (Å²) in [6.07, 6.45) is 4.81. The first-order valence-corrected chi connectivity index (χ1v) is 11.3. The first kappa shape index (κ1) is 22.3. The highest BCUT2D eigenvalue weighted by Crippen LogP contribution is 2.23. The number of aliphatic imine (C=N–C) groups is 1. The lowest BCUT2D eigenvalue weighted by Crippen LogP contribution is -2.47. The van der Waals surface area contributed by atoms with Gasteiger partial charge in [0.1, 0.15) is 0 Å². The Bertz CT molecular complexity index is 488. The molecule has 1 heterocycles. The van der Waals surface area contributed by atoms with Crippen LogP contribution in [-0.4, -0.2) is 68.7 Å². The minimum atomic E-state index is -3.15. The van der Waals surface area contributed by atoms with Crippen molar-refractivity contribution in [3.8, 4) is 0 Å². The van der Waals surface area contributed by atoms with E-state index in [1.807, 2.05) is 11.8 Å². The number of thioether (sulfide) groups is 1. The maximum Gasteiger partial charge on any atom is 0.215 e. The van der Waals surface area contributed by atoms with Gasteiger partial charge in [-0.3, -0.25) is 4.99 Å². The Morgan fingerprint density at radius 3 is 2.42 bits per heavy atom. The highest BCUT2D eigenvalue weighted by Gasteiger charge is 2.24. The molecule has 0 atom stereocenters. The van der Waals surface area contributed by atoms with Crippen LogP contribution < -0.4 is 10.6 Å². The zero-order chi connectivity index (χ0) is 16.7. The van der Waals surface area contributed by atoms with Crippen molar-refractivity contribution in [2.24, 2.45) is 10.9 Å². The van der Waals surface area contributed by atoms with Crippen molar-refractivity contribution in [2.45, 2.75) is 38.6 Å². The molecule has 6 nitrogen and oxygen atoms in total. The van der Waals surface area contributed by atoms with Crippen LogP contribution in [-0.2, 0) is 10.0 Å². The summed E-state index contributed by atoms with van der Waals surface area (Å²) < 4.78 is 26.2. The number of halogens is 1. The van der Waals surface area contributed by atoms with Gasteiger partial charge in [-0.15, -0.1) is 24.0 Å². The van der Waals surface area contributed by atoms with E-state index in [0.29, 0.717) is 31.6 Å². The Hall–Kier alpha value is 0.260. The summed E-state index contributed by atoms with van der Waals surface area (Å²) in [5.74, 6) is 3.45.